The van der Waals surface area contributed by atoms with Crippen molar-refractivity contribution in [2.45, 2.75) is 18.9 Å². The number of benzene rings is 1. The number of hydrogen-bond donors (Lipinski definition) is 2. The normalized spacial score (nSPS) is 15.4. The first-order valence-electron chi connectivity index (χ1n) is 5.79. The summed E-state index contributed by atoms with van der Waals surface area (Å²) in [5, 5.41) is 2.30. The van der Waals surface area contributed by atoms with E-state index in [2.05, 4.69) is 5.32 Å². The Balaban J connectivity index is 0.00000200. The van der Waals surface area contributed by atoms with Crippen LogP contribution in [0.4, 0.5) is 17.6 Å². The molecule has 0 aromatic heterocycles. The molecule has 1 aromatic carbocycles. The average Bonchev–Trinajstić information content (AvgIpc) is 3.18. The van der Waals surface area contributed by atoms with Gasteiger partial charge in [0.15, 0.2) is 23.3 Å². The molecule has 2 rings (SSSR count). The fourth-order valence-corrected chi connectivity index (χ4v) is 1.88. The molecule has 3 nitrogen and oxygen atoms in total. The van der Waals surface area contributed by atoms with Crippen molar-refractivity contribution in [2.24, 2.45) is 11.7 Å². The summed E-state index contributed by atoms with van der Waals surface area (Å²) in [5.41, 5.74) is 4.17. The third-order valence-electron chi connectivity index (χ3n) is 3.10. The number of hydrogen-bond acceptors (Lipinski definition) is 2. The van der Waals surface area contributed by atoms with E-state index < -0.39 is 40.8 Å². The van der Waals surface area contributed by atoms with Crippen molar-refractivity contribution in [1.82, 2.24) is 5.32 Å². The second-order valence-corrected chi connectivity index (χ2v) is 4.50. The lowest BCUT2D eigenvalue weighted by Gasteiger charge is -2.16. The molecule has 1 aromatic rings. The molecule has 0 aliphatic heterocycles. The smallest absolute Gasteiger partial charge is 0.257 e. The maximum Gasteiger partial charge on any atom is 0.257 e. The summed E-state index contributed by atoms with van der Waals surface area (Å²) in [7, 11) is 0. The van der Waals surface area contributed by atoms with Gasteiger partial charge in [-0.1, -0.05) is 0 Å². The highest BCUT2D eigenvalue weighted by molar-refractivity contribution is 5.95. The number of halogens is 5. The molecule has 8 heteroatoms. The molecule has 3 N–H and O–H groups in total. The van der Waals surface area contributed by atoms with Crippen LogP contribution in [-0.4, -0.2) is 18.5 Å². The van der Waals surface area contributed by atoms with Crippen LogP contribution in [0.25, 0.3) is 0 Å². The minimum Gasteiger partial charge on any atom is -0.348 e. The largest absolute Gasteiger partial charge is 0.348 e. The number of amides is 1. The van der Waals surface area contributed by atoms with Gasteiger partial charge in [0.1, 0.15) is 5.56 Å². The quantitative estimate of drug-likeness (QED) is 0.661. The molecule has 0 radical (unpaired) electrons. The van der Waals surface area contributed by atoms with Crippen molar-refractivity contribution in [3.8, 4) is 0 Å². The highest BCUT2D eigenvalue weighted by atomic mass is 35.5. The second-order valence-electron chi connectivity index (χ2n) is 4.50. The van der Waals surface area contributed by atoms with E-state index in [1.165, 1.54) is 0 Å². The van der Waals surface area contributed by atoms with Gasteiger partial charge in [-0.25, -0.2) is 17.6 Å². The lowest BCUT2D eigenvalue weighted by molar-refractivity contribution is 0.0922. The fraction of sp³-hybridized carbons (Fsp3) is 0.417. The molecule has 1 atom stereocenters. The Morgan fingerprint density at radius 3 is 2.15 bits per heavy atom. The van der Waals surface area contributed by atoms with Gasteiger partial charge < -0.3 is 11.1 Å². The average molecular weight is 313 g/mol. The summed E-state index contributed by atoms with van der Waals surface area (Å²) < 4.78 is 52.7. The third-order valence-corrected chi connectivity index (χ3v) is 3.10. The molecule has 1 saturated carbocycles. The van der Waals surface area contributed by atoms with Gasteiger partial charge in [-0.05, 0) is 18.8 Å². The van der Waals surface area contributed by atoms with Crippen molar-refractivity contribution in [3.05, 3.63) is 34.9 Å². The van der Waals surface area contributed by atoms with E-state index in [1.54, 1.807) is 0 Å². The van der Waals surface area contributed by atoms with E-state index >= 15 is 0 Å². The summed E-state index contributed by atoms with van der Waals surface area (Å²) in [6.07, 6.45) is 1.70. The van der Waals surface area contributed by atoms with Crippen molar-refractivity contribution < 1.29 is 22.4 Å². The highest BCUT2D eigenvalue weighted by Crippen LogP contribution is 2.32. The number of carbonyl (C=O) groups excluding carboxylic acids is 1. The molecule has 1 fully saturated rings. The van der Waals surface area contributed by atoms with Gasteiger partial charge in [-0.3, -0.25) is 4.79 Å². The summed E-state index contributed by atoms with van der Waals surface area (Å²) in [6, 6.07) is -0.388. The first-order valence-corrected chi connectivity index (χ1v) is 5.79. The molecule has 0 saturated heterocycles. The summed E-state index contributed by atoms with van der Waals surface area (Å²) in [6.45, 7) is 0.0947. The second kappa shape index (κ2) is 6.41. The van der Waals surface area contributed by atoms with Crippen LogP contribution in [-0.2, 0) is 0 Å². The van der Waals surface area contributed by atoms with Crippen molar-refractivity contribution >= 4 is 18.3 Å². The van der Waals surface area contributed by atoms with Gasteiger partial charge in [-0.2, -0.15) is 0 Å². The lowest BCUT2D eigenvalue weighted by atomic mass is 10.1. The summed E-state index contributed by atoms with van der Waals surface area (Å²) in [5.74, 6) is -7.68. The van der Waals surface area contributed by atoms with Gasteiger partial charge in [-0.15, -0.1) is 12.4 Å². The van der Waals surface area contributed by atoms with Crippen LogP contribution in [0.2, 0.25) is 0 Å². The van der Waals surface area contributed by atoms with E-state index in [1.807, 2.05) is 0 Å². The van der Waals surface area contributed by atoms with Gasteiger partial charge in [0.2, 0.25) is 0 Å². The molecule has 0 heterocycles. The maximum atomic E-state index is 13.4. The van der Waals surface area contributed by atoms with Crippen molar-refractivity contribution in [3.63, 3.8) is 0 Å². The highest BCUT2D eigenvalue weighted by Gasteiger charge is 2.33. The SMILES string of the molecule is Cl.NCC(NC(=O)c1c(F)c(F)cc(F)c1F)C1CC1. The van der Waals surface area contributed by atoms with Crippen LogP contribution in [0.3, 0.4) is 0 Å². The number of nitrogens with one attached hydrogen (secondary N) is 1. The topological polar surface area (TPSA) is 55.1 Å². The van der Waals surface area contributed by atoms with Crippen LogP contribution < -0.4 is 11.1 Å². The van der Waals surface area contributed by atoms with E-state index in [0.717, 1.165) is 12.8 Å². The molecular weight excluding hydrogens is 300 g/mol. The lowest BCUT2D eigenvalue weighted by Crippen LogP contribution is -2.42. The Hall–Kier alpha value is -1.34. The molecule has 0 bridgehead atoms. The molecule has 1 aliphatic carbocycles. The first kappa shape index (κ1) is 16.7. The monoisotopic (exact) mass is 312 g/mol. The Bertz CT molecular complexity index is 496. The summed E-state index contributed by atoms with van der Waals surface area (Å²) >= 11 is 0. The zero-order valence-corrected chi connectivity index (χ0v) is 11.1. The number of nitrogens with two attached hydrogens (primary N) is 1. The van der Waals surface area contributed by atoms with E-state index in [0.29, 0.717) is 0 Å². The fourth-order valence-electron chi connectivity index (χ4n) is 1.88. The molecule has 112 valence electrons. The molecule has 1 unspecified atom stereocenters. The van der Waals surface area contributed by atoms with Crippen LogP contribution in [0, 0.1) is 29.2 Å². The molecule has 0 spiro atoms. The van der Waals surface area contributed by atoms with Crippen molar-refractivity contribution in [1.29, 1.82) is 0 Å². The van der Waals surface area contributed by atoms with Gasteiger partial charge in [0, 0.05) is 18.7 Å². The molecular formula is C12H13ClF4N2O. The standard InChI is InChI=1S/C12H12F4N2O.ClH/c13-6-3-7(14)11(16)9(10(6)15)12(19)18-8(4-17)5-1-2-5;/h3,5,8H,1-2,4,17H2,(H,18,19);1H. The Morgan fingerprint density at radius 2 is 1.75 bits per heavy atom. The number of carbonyl (C=O) groups is 1. The zero-order chi connectivity index (χ0) is 14.2. The minimum absolute atomic E-state index is 0. The molecule has 20 heavy (non-hydrogen) atoms. The van der Waals surface area contributed by atoms with Crippen LogP contribution >= 0.6 is 12.4 Å². The van der Waals surface area contributed by atoms with Gasteiger partial charge in [0.05, 0.1) is 0 Å². The van der Waals surface area contributed by atoms with Crippen LogP contribution in [0.1, 0.15) is 23.2 Å². The summed E-state index contributed by atoms with van der Waals surface area (Å²) in [4.78, 5) is 11.7. The van der Waals surface area contributed by atoms with E-state index in [9.17, 15) is 22.4 Å². The van der Waals surface area contributed by atoms with E-state index in [-0.39, 0.29) is 30.9 Å². The minimum atomic E-state index is -1.71. The van der Waals surface area contributed by atoms with E-state index in [4.69, 9.17) is 5.73 Å². The van der Waals surface area contributed by atoms with Crippen molar-refractivity contribution in [2.75, 3.05) is 6.54 Å². The third kappa shape index (κ3) is 3.21. The maximum absolute atomic E-state index is 13.4. The van der Waals surface area contributed by atoms with Crippen LogP contribution in [0.15, 0.2) is 6.07 Å². The Labute approximate surface area is 118 Å². The predicted octanol–water partition coefficient (Wildman–Crippen LogP) is 2.13. The van der Waals surface area contributed by atoms with Gasteiger partial charge >= 0.3 is 0 Å². The predicted molar refractivity (Wildman–Crippen MR) is 66.6 cm³/mol. The molecule has 1 aliphatic rings. The zero-order valence-electron chi connectivity index (χ0n) is 10.3. The molecule has 1 amide bonds. The Morgan fingerprint density at radius 1 is 1.25 bits per heavy atom. The van der Waals surface area contributed by atoms with Gasteiger partial charge in [0.25, 0.3) is 5.91 Å². The van der Waals surface area contributed by atoms with Crippen LogP contribution in [0.5, 0.6) is 0 Å². The Kier molecular flexibility index (Phi) is 5.35. The first-order chi connectivity index (χ1) is 8.95. The number of rotatable bonds is 4.